The molecule has 0 aromatic carbocycles. The van der Waals surface area contributed by atoms with Gasteiger partial charge in [-0.3, -0.25) is 14.4 Å². The second kappa shape index (κ2) is 18.2. The summed E-state index contributed by atoms with van der Waals surface area (Å²) in [5, 5.41) is 67.3. The summed E-state index contributed by atoms with van der Waals surface area (Å²) >= 11 is 17.0. The van der Waals surface area contributed by atoms with Gasteiger partial charge in [0.05, 0.1) is 19.3 Å². The summed E-state index contributed by atoms with van der Waals surface area (Å²) in [6, 6.07) is -3.25. The Labute approximate surface area is 300 Å². The summed E-state index contributed by atoms with van der Waals surface area (Å²) in [6.45, 7) is 1.90. The lowest BCUT2D eigenvalue weighted by atomic mass is 9.93. The maximum absolute atomic E-state index is 12.9. The molecule has 3 aliphatic heterocycles. The van der Waals surface area contributed by atoms with Crippen molar-refractivity contribution in [2.24, 2.45) is 0 Å². The van der Waals surface area contributed by atoms with Crippen LogP contribution in [0.15, 0.2) is 0 Å². The van der Waals surface area contributed by atoms with Crippen molar-refractivity contribution in [1.82, 2.24) is 10.6 Å². The summed E-state index contributed by atoms with van der Waals surface area (Å²) in [5.74, 6) is -2.57. The molecule has 0 spiro atoms. The lowest BCUT2D eigenvalue weighted by Crippen LogP contribution is -2.71. The molecule has 0 aromatic rings. The maximum atomic E-state index is 12.9. The molecule has 0 aromatic heterocycles. The Bertz CT molecular complexity index is 1180. The summed E-state index contributed by atoms with van der Waals surface area (Å²) in [5.41, 5.74) is 0. The number of nitrogens with one attached hydrogen (secondary N) is 2. The summed E-state index contributed by atoms with van der Waals surface area (Å²) in [7, 11) is 0. The highest BCUT2D eigenvalue weighted by Gasteiger charge is 2.56. The van der Waals surface area contributed by atoms with Gasteiger partial charge in [-0.2, -0.15) is 0 Å². The molecule has 3 heterocycles. The van der Waals surface area contributed by atoms with E-state index in [1.807, 2.05) is 0 Å². The number of hydrogen-bond donors (Lipinski definition) is 8. The Morgan fingerprint density at radius 1 is 0.700 bits per heavy atom. The van der Waals surface area contributed by atoms with Crippen LogP contribution in [0.5, 0.6) is 0 Å². The molecule has 0 saturated carbocycles. The van der Waals surface area contributed by atoms with Crippen LogP contribution in [0.1, 0.15) is 27.7 Å². The third-order valence-electron chi connectivity index (χ3n) is 7.69. The lowest BCUT2D eigenvalue weighted by molar-refractivity contribution is -0.362. The van der Waals surface area contributed by atoms with Crippen LogP contribution >= 0.6 is 34.8 Å². The molecule has 3 rings (SSSR count). The molecule has 20 nitrogen and oxygen atoms in total. The van der Waals surface area contributed by atoms with Gasteiger partial charge in [-0.15, -0.1) is 0 Å². The molecule has 2 amide bonds. The number of aliphatic hydroxyl groups excluding tert-OH is 6. The number of aliphatic hydroxyl groups is 6. The first-order valence-corrected chi connectivity index (χ1v) is 16.2. The predicted octanol–water partition coefficient (Wildman–Crippen LogP) is -3.16. The van der Waals surface area contributed by atoms with E-state index in [1.54, 1.807) is 0 Å². The fourth-order valence-electron chi connectivity index (χ4n) is 5.53. The smallest absolute Gasteiger partial charge is 0.407 e. The second-order valence-electron chi connectivity index (χ2n) is 11.6. The highest BCUT2D eigenvalue weighted by molar-refractivity contribution is 6.67. The first-order chi connectivity index (χ1) is 23.3. The van der Waals surface area contributed by atoms with Crippen LogP contribution in [0.2, 0.25) is 0 Å². The number of alkyl halides is 3. The van der Waals surface area contributed by atoms with E-state index in [9.17, 15) is 49.8 Å². The molecule has 3 aliphatic rings. The molecule has 0 bridgehead atoms. The van der Waals surface area contributed by atoms with Crippen LogP contribution in [-0.4, -0.2) is 170 Å². The van der Waals surface area contributed by atoms with Gasteiger partial charge >= 0.3 is 18.0 Å². The van der Waals surface area contributed by atoms with E-state index in [0.29, 0.717) is 0 Å². The van der Waals surface area contributed by atoms with Crippen molar-refractivity contribution in [3.05, 3.63) is 0 Å². The highest BCUT2D eigenvalue weighted by Crippen LogP contribution is 2.34. The average molecular weight is 788 g/mol. The first-order valence-electron chi connectivity index (χ1n) is 15.1. The van der Waals surface area contributed by atoms with Crippen LogP contribution in [0.3, 0.4) is 0 Å². The number of halogens is 3. The van der Waals surface area contributed by atoms with Crippen molar-refractivity contribution in [3.63, 3.8) is 0 Å². The minimum absolute atomic E-state index is 0.717. The van der Waals surface area contributed by atoms with E-state index < -0.39 is 140 Å². The van der Waals surface area contributed by atoms with E-state index >= 15 is 0 Å². The fourth-order valence-corrected chi connectivity index (χ4v) is 5.69. The number of amides is 2. The number of ether oxygens (including phenoxy) is 8. The van der Waals surface area contributed by atoms with Gasteiger partial charge in [0.2, 0.25) is 9.70 Å². The minimum atomic E-state index is -2.06. The number of esters is 2. The van der Waals surface area contributed by atoms with E-state index in [1.165, 1.54) is 6.92 Å². The molecular weight excluding hydrogens is 747 g/mol. The van der Waals surface area contributed by atoms with Gasteiger partial charge in [-0.25, -0.2) is 4.79 Å². The number of alkyl carbamates (subject to hydrolysis) is 1. The van der Waals surface area contributed by atoms with Crippen molar-refractivity contribution in [2.45, 2.75) is 123 Å². The molecule has 288 valence electrons. The standard InChI is InChI=1S/C27H41Cl3N2O18/c1-8-16(38)17(39)18(40)25(44-8)50-21-14(31-9(2)35)23(41)47-12(5-33)20(21)49-24-15(32-26(42)43-7-27(28,29)30)22(46-11(4)37)19(45-10(3)36)13(6-34)48-24/h8,12-25,33-34,38-41H,5-7H2,1-4H3,(H,31,35)(H,32,42)/t8-,12+,13+,14+,15+,16+,17+,18-,19-,20+,21+,22+,23+,24-,25-/m0/s1. The van der Waals surface area contributed by atoms with Crippen LogP contribution in [0, 0.1) is 0 Å². The van der Waals surface area contributed by atoms with Crippen molar-refractivity contribution in [1.29, 1.82) is 0 Å². The maximum Gasteiger partial charge on any atom is 0.407 e. The zero-order chi connectivity index (χ0) is 37.7. The molecule has 15 atom stereocenters. The van der Waals surface area contributed by atoms with Crippen molar-refractivity contribution < 1.29 is 87.7 Å². The SMILES string of the molecule is CC(=O)N[C@@H]1[C@@H](O[C@@H]2O[C@@H](C)[C@@H](O)[C@@H](O)[C@@H]2O)[C@H](O[C@@H]2O[C@H](CO)[C@H](OC(C)=O)[C@H](OC(C)=O)[C@H]2NC(=O)OCC(Cl)(Cl)Cl)[C@@H](CO)O[C@H]1O. The second-order valence-corrected chi connectivity index (χ2v) is 14.1. The first kappa shape index (κ1) is 42.5. The Balaban J connectivity index is 2.10. The highest BCUT2D eigenvalue weighted by atomic mass is 35.6. The van der Waals surface area contributed by atoms with Gasteiger partial charge in [0.25, 0.3) is 0 Å². The largest absolute Gasteiger partial charge is 0.456 e. The molecule has 0 unspecified atom stereocenters. The summed E-state index contributed by atoms with van der Waals surface area (Å²) < 4.78 is 42.6. The van der Waals surface area contributed by atoms with Crippen LogP contribution in [-0.2, 0) is 52.3 Å². The predicted molar refractivity (Wildman–Crippen MR) is 163 cm³/mol. The summed E-state index contributed by atoms with van der Waals surface area (Å²) in [6.07, 6.45) is -22.7. The Kier molecular flexibility index (Phi) is 15.5. The molecule has 3 fully saturated rings. The number of carbonyl (C=O) groups excluding carboxylic acids is 4. The fraction of sp³-hybridized carbons (Fsp3) is 0.852. The van der Waals surface area contributed by atoms with Gasteiger partial charge < -0.3 is 79.2 Å². The Morgan fingerprint density at radius 2 is 1.26 bits per heavy atom. The number of carbonyl (C=O) groups is 4. The number of hydrogen-bond acceptors (Lipinski definition) is 18. The molecule has 8 N–H and O–H groups in total. The lowest BCUT2D eigenvalue weighted by Gasteiger charge is -2.50. The molecule has 50 heavy (non-hydrogen) atoms. The van der Waals surface area contributed by atoms with Crippen LogP contribution < -0.4 is 10.6 Å². The van der Waals surface area contributed by atoms with Gasteiger partial charge in [0.1, 0.15) is 61.4 Å². The molecule has 0 aliphatic carbocycles. The molecule has 3 saturated heterocycles. The Hall–Kier alpha value is -1.89. The van der Waals surface area contributed by atoms with E-state index in [4.69, 9.17) is 72.7 Å². The van der Waals surface area contributed by atoms with Gasteiger partial charge in [-0.1, -0.05) is 34.8 Å². The monoisotopic (exact) mass is 786 g/mol. The third-order valence-corrected chi connectivity index (χ3v) is 8.02. The van der Waals surface area contributed by atoms with Crippen LogP contribution in [0.25, 0.3) is 0 Å². The topological polar surface area (TPSA) is 288 Å². The van der Waals surface area contributed by atoms with Crippen LogP contribution in [0.4, 0.5) is 4.79 Å². The minimum Gasteiger partial charge on any atom is -0.456 e. The Morgan fingerprint density at radius 3 is 1.80 bits per heavy atom. The van der Waals surface area contributed by atoms with Crippen molar-refractivity contribution in [2.75, 3.05) is 19.8 Å². The summed E-state index contributed by atoms with van der Waals surface area (Å²) in [4.78, 5) is 49.4. The van der Waals surface area contributed by atoms with Gasteiger partial charge in [-0.05, 0) is 6.92 Å². The van der Waals surface area contributed by atoms with E-state index in [0.717, 1.165) is 20.8 Å². The van der Waals surface area contributed by atoms with Crippen molar-refractivity contribution >= 4 is 58.7 Å². The molecular formula is C27H41Cl3N2O18. The average Bonchev–Trinajstić information content (AvgIpc) is 3.01. The van der Waals surface area contributed by atoms with Gasteiger partial charge in [0, 0.05) is 20.8 Å². The van der Waals surface area contributed by atoms with Crippen molar-refractivity contribution in [3.8, 4) is 0 Å². The quantitative estimate of drug-likeness (QED) is 0.0583. The molecule has 23 heteroatoms. The normalized spacial score (nSPS) is 39.2. The van der Waals surface area contributed by atoms with E-state index in [2.05, 4.69) is 10.6 Å². The van der Waals surface area contributed by atoms with E-state index in [-0.39, 0.29) is 0 Å². The van der Waals surface area contributed by atoms with Gasteiger partial charge in [0.15, 0.2) is 31.1 Å². The third kappa shape index (κ3) is 11.1. The number of rotatable bonds is 11. The molecule has 0 radical (unpaired) electrons. The zero-order valence-electron chi connectivity index (χ0n) is 27.0. The zero-order valence-corrected chi connectivity index (χ0v) is 29.3.